The number of nitrogens with one attached hydrogen (secondary N) is 1. The van der Waals surface area contributed by atoms with E-state index in [2.05, 4.69) is 42.9 Å². The van der Waals surface area contributed by atoms with Gasteiger partial charge in [-0.3, -0.25) is 9.80 Å². The van der Waals surface area contributed by atoms with Crippen LogP contribution in [0.5, 0.6) is 0 Å². The van der Waals surface area contributed by atoms with E-state index < -0.39 is 0 Å². The molecule has 1 aliphatic rings. The van der Waals surface area contributed by atoms with E-state index in [1.807, 2.05) is 7.05 Å². The van der Waals surface area contributed by atoms with Gasteiger partial charge in [0, 0.05) is 31.2 Å². The van der Waals surface area contributed by atoms with Gasteiger partial charge in [-0.1, -0.05) is 0 Å². The van der Waals surface area contributed by atoms with Crippen LogP contribution in [0.4, 0.5) is 0 Å². The summed E-state index contributed by atoms with van der Waals surface area (Å²) in [4.78, 5) is 5.09. The maximum absolute atomic E-state index is 3.23. The highest BCUT2D eigenvalue weighted by atomic mass is 15.3. The van der Waals surface area contributed by atoms with Crippen LogP contribution in [0.2, 0.25) is 0 Å². The monoisotopic (exact) mass is 213 g/mol. The Labute approximate surface area is 94.8 Å². The van der Waals surface area contributed by atoms with E-state index in [9.17, 15) is 0 Å². The van der Waals surface area contributed by atoms with E-state index >= 15 is 0 Å². The number of rotatable bonds is 4. The van der Waals surface area contributed by atoms with Gasteiger partial charge in [0.1, 0.15) is 0 Å². The first-order chi connectivity index (χ1) is 6.97. The molecule has 1 N–H and O–H groups in total. The third-order valence-electron chi connectivity index (χ3n) is 3.78. The van der Waals surface area contributed by atoms with E-state index in [4.69, 9.17) is 0 Å². The Hall–Kier alpha value is -0.120. The van der Waals surface area contributed by atoms with Crippen molar-refractivity contribution in [2.45, 2.75) is 38.8 Å². The molecular weight excluding hydrogens is 186 g/mol. The lowest BCUT2D eigenvalue weighted by Gasteiger charge is -2.47. The quantitative estimate of drug-likeness (QED) is 0.752. The van der Waals surface area contributed by atoms with Crippen molar-refractivity contribution in [3.8, 4) is 0 Å². The molecule has 1 aliphatic heterocycles. The fraction of sp³-hybridized carbons (Fsp3) is 1.00. The summed E-state index contributed by atoms with van der Waals surface area (Å²) in [6.07, 6.45) is 1.25. The SMILES string of the molecule is CNCCC(C)N1CCN(C)C(C)(C)C1. The number of hydrogen-bond acceptors (Lipinski definition) is 3. The number of nitrogens with zero attached hydrogens (tertiary/aromatic N) is 2. The molecule has 0 aromatic heterocycles. The van der Waals surface area contributed by atoms with Crippen molar-refractivity contribution in [1.29, 1.82) is 0 Å². The molecule has 0 aliphatic carbocycles. The molecule has 90 valence electrons. The molecule has 0 bridgehead atoms. The Morgan fingerprint density at radius 1 is 1.33 bits per heavy atom. The molecule has 0 aromatic carbocycles. The first kappa shape index (κ1) is 12.9. The van der Waals surface area contributed by atoms with Crippen LogP contribution >= 0.6 is 0 Å². The van der Waals surface area contributed by atoms with Crippen LogP contribution in [-0.4, -0.2) is 61.7 Å². The number of hydrogen-bond donors (Lipinski definition) is 1. The second-order valence-electron chi connectivity index (χ2n) is 5.45. The Morgan fingerprint density at radius 3 is 2.53 bits per heavy atom. The molecule has 1 fully saturated rings. The van der Waals surface area contributed by atoms with Crippen molar-refractivity contribution in [2.75, 3.05) is 40.3 Å². The highest BCUT2D eigenvalue weighted by molar-refractivity contribution is 4.89. The summed E-state index contributed by atoms with van der Waals surface area (Å²) in [5, 5.41) is 3.23. The van der Waals surface area contributed by atoms with E-state index in [0.717, 1.165) is 6.54 Å². The van der Waals surface area contributed by atoms with Gasteiger partial charge in [0.25, 0.3) is 0 Å². The Balaban J connectivity index is 2.44. The molecule has 0 amide bonds. The van der Waals surface area contributed by atoms with Gasteiger partial charge in [0.2, 0.25) is 0 Å². The lowest BCUT2D eigenvalue weighted by molar-refractivity contribution is 0.0190. The summed E-state index contributed by atoms with van der Waals surface area (Å²) in [7, 11) is 4.26. The van der Waals surface area contributed by atoms with Crippen LogP contribution in [0.15, 0.2) is 0 Å². The minimum Gasteiger partial charge on any atom is -0.320 e. The highest BCUT2D eigenvalue weighted by Crippen LogP contribution is 2.21. The van der Waals surface area contributed by atoms with Gasteiger partial charge in [-0.05, 0) is 47.8 Å². The smallest absolute Gasteiger partial charge is 0.0277 e. The van der Waals surface area contributed by atoms with E-state index in [1.54, 1.807) is 0 Å². The highest BCUT2D eigenvalue weighted by Gasteiger charge is 2.32. The van der Waals surface area contributed by atoms with Crippen molar-refractivity contribution in [1.82, 2.24) is 15.1 Å². The predicted octanol–water partition coefficient (Wildman–Crippen LogP) is 1.01. The van der Waals surface area contributed by atoms with E-state index in [0.29, 0.717) is 11.6 Å². The zero-order chi connectivity index (χ0) is 11.5. The second kappa shape index (κ2) is 5.28. The van der Waals surface area contributed by atoms with Crippen LogP contribution in [0.3, 0.4) is 0 Å². The van der Waals surface area contributed by atoms with Gasteiger partial charge in [-0.25, -0.2) is 0 Å². The zero-order valence-electron chi connectivity index (χ0n) is 11.0. The maximum Gasteiger partial charge on any atom is 0.0277 e. The minimum atomic E-state index is 0.326. The molecule has 0 radical (unpaired) electrons. The second-order valence-corrected chi connectivity index (χ2v) is 5.45. The minimum absolute atomic E-state index is 0.326. The summed E-state index contributed by atoms with van der Waals surface area (Å²) >= 11 is 0. The molecule has 3 nitrogen and oxygen atoms in total. The summed E-state index contributed by atoms with van der Waals surface area (Å²) in [6.45, 7) is 11.7. The molecule has 1 rings (SSSR count). The predicted molar refractivity (Wildman–Crippen MR) is 66.3 cm³/mol. The normalized spacial score (nSPS) is 25.4. The summed E-state index contributed by atoms with van der Waals surface area (Å²) in [6, 6.07) is 0.699. The number of piperazine rings is 1. The largest absolute Gasteiger partial charge is 0.320 e. The first-order valence-corrected chi connectivity index (χ1v) is 6.07. The van der Waals surface area contributed by atoms with Gasteiger partial charge < -0.3 is 5.32 Å². The molecule has 3 heteroatoms. The Morgan fingerprint density at radius 2 is 2.00 bits per heavy atom. The van der Waals surface area contributed by atoms with Crippen LogP contribution in [0, 0.1) is 0 Å². The molecule has 1 saturated heterocycles. The van der Waals surface area contributed by atoms with Crippen molar-refractivity contribution in [2.24, 2.45) is 0 Å². The van der Waals surface area contributed by atoms with Crippen molar-refractivity contribution in [3.63, 3.8) is 0 Å². The molecule has 0 aromatic rings. The fourth-order valence-corrected chi connectivity index (χ4v) is 2.19. The van der Waals surface area contributed by atoms with Crippen molar-refractivity contribution >= 4 is 0 Å². The average Bonchev–Trinajstić information content (AvgIpc) is 2.18. The van der Waals surface area contributed by atoms with Gasteiger partial charge in [0.05, 0.1) is 0 Å². The standard InChI is InChI=1S/C12H27N3/c1-11(6-7-13-4)15-9-8-14(5)12(2,3)10-15/h11,13H,6-10H2,1-5H3. The molecule has 1 unspecified atom stereocenters. The lowest BCUT2D eigenvalue weighted by Crippen LogP contribution is -2.59. The van der Waals surface area contributed by atoms with Gasteiger partial charge >= 0.3 is 0 Å². The van der Waals surface area contributed by atoms with Crippen molar-refractivity contribution < 1.29 is 0 Å². The molecule has 0 saturated carbocycles. The molecule has 15 heavy (non-hydrogen) atoms. The van der Waals surface area contributed by atoms with Crippen LogP contribution in [0.1, 0.15) is 27.2 Å². The number of likely N-dealkylation sites (N-methyl/N-ethyl adjacent to an activating group) is 1. The molecular formula is C12H27N3. The topological polar surface area (TPSA) is 18.5 Å². The Kier molecular flexibility index (Phi) is 4.56. The molecule has 1 atom stereocenters. The summed E-state index contributed by atoms with van der Waals surface area (Å²) in [5.74, 6) is 0. The van der Waals surface area contributed by atoms with Crippen molar-refractivity contribution in [3.05, 3.63) is 0 Å². The van der Waals surface area contributed by atoms with Gasteiger partial charge in [0.15, 0.2) is 0 Å². The fourth-order valence-electron chi connectivity index (χ4n) is 2.19. The van der Waals surface area contributed by atoms with Gasteiger partial charge in [-0.15, -0.1) is 0 Å². The summed E-state index contributed by atoms with van der Waals surface area (Å²) < 4.78 is 0. The van der Waals surface area contributed by atoms with Crippen LogP contribution in [0.25, 0.3) is 0 Å². The third kappa shape index (κ3) is 3.44. The van der Waals surface area contributed by atoms with E-state index in [-0.39, 0.29) is 0 Å². The molecule has 0 spiro atoms. The molecule has 1 heterocycles. The zero-order valence-corrected chi connectivity index (χ0v) is 11.0. The average molecular weight is 213 g/mol. The van der Waals surface area contributed by atoms with Gasteiger partial charge in [-0.2, -0.15) is 0 Å². The lowest BCUT2D eigenvalue weighted by atomic mass is 9.98. The third-order valence-corrected chi connectivity index (χ3v) is 3.78. The Bertz CT molecular complexity index is 191. The first-order valence-electron chi connectivity index (χ1n) is 6.07. The maximum atomic E-state index is 3.23. The summed E-state index contributed by atoms with van der Waals surface area (Å²) in [5.41, 5.74) is 0.326. The van der Waals surface area contributed by atoms with Crippen LogP contribution < -0.4 is 5.32 Å². The van der Waals surface area contributed by atoms with E-state index in [1.165, 1.54) is 26.1 Å². The van der Waals surface area contributed by atoms with Crippen LogP contribution in [-0.2, 0) is 0 Å².